The van der Waals surface area contributed by atoms with E-state index in [4.69, 9.17) is 4.74 Å². The summed E-state index contributed by atoms with van der Waals surface area (Å²) in [6.45, 7) is 4.80. The first kappa shape index (κ1) is 16.0. The van der Waals surface area contributed by atoms with E-state index in [1.54, 1.807) is 16.9 Å². The number of likely N-dealkylation sites (tertiary alicyclic amines) is 1. The molecule has 1 unspecified atom stereocenters. The summed E-state index contributed by atoms with van der Waals surface area (Å²) in [6.07, 6.45) is 3.28. The van der Waals surface area contributed by atoms with Crippen LogP contribution >= 0.6 is 0 Å². The zero-order valence-electron chi connectivity index (χ0n) is 12.4. The lowest BCUT2D eigenvalue weighted by Gasteiger charge is -2.21. The molecule has 19 heavy (non-hydrogen) atoms. The molecular weight excluding hydrogens is 244 g/mol. The molecule has 1 aliphatic heterocycles. The van der Waals surface area contributed by atoms with E-state index in [-0.39, 0.29) is 17.7 Å². The summed E-state index contributed by atoms with van der Waals surface area (Å²) in [5.74, 6) is 0.0475. The van der Waals surface area contributed by atoms with Crippen LogP contribution in [0.5, 0.6) is 0 Å². The molecule has 5 nitrogen and oxygen atoms in total. The van der Waals surface area contributed by atoms with Crippen LogP contribution in [0.15, 0.2) is 0 Å². The van der Waals surface area contributed by atoms with Gasteiger partial charge in [-0.25, -0.2) is 0 Å². The molecule has 5 heteroatoms. The second-order valence-electron chi connectivity index (χ2n) is 5.20. The molecule has 0 aromatic heterocycles. The molecule has 0 radical (unpaired) electrons. The first-order chi connectivity index (χ1) is 9.10. The molecule has 0 N–H and O–H groups in total. The minimum Gasteiger partial charge on any atom is -0.385 e. The van der Waals surface area contributed by atoms with Gasteiger partial charge in [0.25, 0.3) is 0 Å². The zero-order chi connectivity index (χ0) is 14.3. The molecule has 1 heterocycles. The third kappa shape index (κ3) is 4.82. The van der Waals surface area contributed by atoms with Crippen molar-refractivity contribution in [3.8, 4) is 0 Å². The third-order valence-corrected chi connectivity index (χ3v) is 3.56. The minimum absolute atomic E-state index is 0.0957. The Bertz CT molecular complexity index is 307. The van der Waals surface area contributed by atoms with E-state index in [1.807, 2.05) is 7.05 Å². The minimum atomic E-state index is -0.156. The van der Waals surface area contributed by atoms with E-state index >= 15 is 0 Å². The van der Waals surface area contributed by atoms with Crippen molar-refractivity contribution in [3.05, 3.63) is 0 Å². The van der Waals surface area contributed by atoms with Gasteiger partial charge in [0.1, 0.15) is 0 Å². The van der Waals surface area contributed by atoms with Crippen molar-refractivity contribution < 1.29 is 14.3 Å². The fourth-order valence-corrected chi connectivity index (χ4v) is 2.37. The normalized spacial score (nSPS) is 19.0. The van der Waals surface area contributed by atoms with Crippen LogP contribution in [0.2, 0.25) is 0 Å². The highest BCUT2D eigenvalue weighted by Gasteiger charge is 2.35. The highest BCUT2D eigenvalue weighted by Crippen LogP contribution is 2.20. The summed E-state index contributed by atoms with van der Waals surface area (Å²) >= 11 is 0. The SMILES string of the molecule is CCCCN(C)C(=O)C1CC(=O)N(CCCOC)C1. The first-order valence-corrected chi connectivity index (χ1v) is 7.11. The van der Waals surface area contributed by atoms with Crippen LogP contribution in [-0.4, -0.2) is 62.0 Å². The number of amides is 2. The standard InChI is InChI=1S/C14H26N2O3/c1-4-5-7-15(2)14(18)12-10-13(17)16(11-12)8-6-9-19-3/h12H,4-11H2,1-3H3. The summed E-state index contributed by atoms with van der Waals surface area (Å²) in [5.41, 5.74) is 0. The number of rotatable bonds is 8. The molecule has 1 aliphatic rings. The summed E-state index contributed by atoms with van der Waals surface area (Å²) in [7, 11) is 3.48. The van der Waals surface area contributed by atoms with Crippen LogP contribution in [0.4, 0.5) is 0 Å². The molecule has 0 saturated carbocycles. The van der Waals surface area contributed by atoms with Gasteiger partial charge in [0, 0.05) is 46.8 Å². The molecule has 110 valence electrons. The average Bonchev–Trinajstić information content (AvgIpc) is 2.77. The van der Waals surface area contributed by atoms with Crippen LogP contribution in [0.1, 0.15) is 32.6 Å². The Labute approximate surface area is 115 Å². The summed E-state index contributed by atoms with van der Waals surface area (Å²) < 4.78 is 4.98. The third-order valence-electron chi connectivity index (χ3n) is 3.56. The molecule has 1 fully saturated rings. The Hall–Kier alpha value is -1.10. The maximum Gasteiger partial charge on any atom is 0.227 e. The van der Waals surface area contributed by atoms with Crippen molar-refractivity contribution >= 4 is 11.8 Å². The van der Waals surface area contributed by atoms with Crippen LogP contribution in [0.25, 0.3) is 0 Å². The maximum absolute atomic E-state index is 12.2. The monoisotopic (exact) mass is 270 g/mol. The molecule has 0 aliphatic carbocycles. The fraction of sp³-hybridized carbons (Fsp3) is 0.857. The number of carbonyl (C=O) groups excluding carboxylic acids is 2. The van der Waals surface area contributed by atoms with Gasteiger partial charge >= 0.3 is 0 Å². The van der Waals surface area contributed by atoms with Crippen molar-refractivity contribution in [1.82, 2.24) is 9.80 Å². The quantitative estimate of drug-likeness (QED) is 0.621. The highest BCUT2D eigenvalue weighted by atomic mass is 16.5. The van der Waals surface area contributed by atoms with E-state index < -0.39 is 0 Å². The van der Waals surface area contributed by atoms with Gasteiger partial charge in [0.2, 0.25) is 11.8 Å². The predicted octanol–water partition coefficient (Wildman–Crippen LogP) is 1.13. The lowest BCUT2D eigenvalue weighted by Crippen LogP contribution is -2.35. The molecule has 0 bridgehead atoms. The summed E-state index contributed by atoms with van der Waals surface area (Å²) in [5, 5.41) is 0. The smallest absolute Gasteiger partial charge is 0.227 e. The second kappa shape index (κ2) is 8.15. The van der Waals surface area contributed by atoms with Crippen molar-refractivity contribution in [2.24, 2.45) is 5.92 Å². The molecule has 1 saturated heterocycles. The van der Waals surface area contributed by atoms with Gasteiger partial charge in [-0.2, -0.15) is 0 Å². The van der Waals surface area contributed by atoms with Gasteiger partial charge in [-0.1, -0.05) is 13.3 Å². The summed E-state index contributed by atoms with van der Waals surface area (Å²) in [4.78, 5) is 27.6. The van der Waals surface area contributed by atoms with Crippen LogP contribution in [0, 0.1) is 5.92 Å². The Morgan fingerprint density at radius 1 is 1.47 bits per heavy atom. The number of carbonyl (C=O) groups is 2. The Kier molecular flexibility index (Phi) is 6.84. The van der Waals surface area contributed by atoms with E-state index in [1.165, 1.54) is 0 Å². The van der Waals surface area contributed by atoms with Gasteiger partial charge in [0.05, 0.1) is 5.92 Å². The number of nitrogens with zero attached hydrogens (tertiary/aromatic N) is 2. The number of hydrogen-bond donors (Lipinski definition) is 0. The molecule has 2 amide bonds. The number of unbranched alkanes of at least 4 members (excludes halogenated alkanes) is 1. The van der Waals surface area contributed by atoms with Gasteiger partial charge in [-0.05, 0) is 12.8 Å². The fourth-order valence-electron chi connectivity index (χ4n) is 2.37. The van der Waals surface area contributed by atoms with Gasteiger partial charge < -0.3 is 14.5 Å². The molecule has 0 aromatic carbocycles. The van der Waals surface area contributed by atoms with Crippen molar-refractivity contribution in [3.63, 3.8) is 0 Å². The Balaban J connectivity index is 2.40. The molecule has 0 spiro atoms. The van der Waals surface area contributed by atoms with Crippen LogP contribution in [-0.2, 0) is 14.3 Å². The molecule has 0 aromatic rings. The van der Waals surface area contributed by atoms with Crippen LogP contribution in [0.3, 0.4) is 0 Å². The lowest BCUT2D eigenvalue weighted by atomic mass is 10.1. The van der Waals surface area contributed by atoms with Crippen LogP contribution < -0.4 is 0 Å². The average molecular weight is 270 g/mol. The van der Waals surface area contributed by atoms with Gasteiger partial charge in [0.15, 0.2) is 0 Å². The molecule has 1 atom stereocenters. The molecule has 1 rings (SSSR count). The Morgan fingerprint density at radius 2 is 2.21 bits per heavy atom. The largest absolute Gasteiger partial charge is 0.385 e. The van der Waals surface area contributed by atoms with Gasteiger partial charge in [-0.15, -0.1) is 0 Å². The van der Waals surface area contributed by atoms with E-state index in [0.717, 1.165) is 25.8 Å². The van der Waals surface area contributed by atoms with E-state index in [9.17, 15) is 9.59 Å². The maximum atomic E-state index is 12.2. The van der Waals surface area contributed by atoms with Gasteiger partial charge in [-0.3, -0.25) is 9.59 Å². The lowest BCUT2D eigenvalue weighted by molar-refractivity contribution is -0.134. The van der Waals surface area contributed by atoms with E-state index in [2.05, 4.69) is 6.92 Å². The predicted molar refractivity (Wildman–Crippen MR) is 73.7 cm³/mol. The summed E-state index contributed by atoms with van der Waals surface area (Å²) in [6, 6.07) is 0. The highest BCUT2D eigenvalue weighted by molar-refractivity contribution is 5.89. The number of ether oxygens (including phenoxy) is 1. The van der Waals surface area contributed by atoms with Crippen molar-refractivity contribution in [1.29, 1.82) is 0 Å². The zero-order valence-corrected chi connectivity index (χ0v) is 12.4. The van der Waals surface area contributed by atoms with E-state index in [0.29, 0.717) is 26.1 Å². The van der Waals surface area contributed by atoms with Crippen molar-refractivity contribution in [2.75, 3.05) is 40.4 Å². The topological polar surface area (TPSA) is 49.9 Å². The second-order valence-corrected chi connectivity index (χ2v) is 5.20. The first-order valence-electron chi connectivity index (χ1n) is 7.11. The van der Waals surface area contributed by atoms with Crippen molar-refractivity contribution in [2.45, 2.75) is 32.6 Å². The number of methoxy groups -OCH3 is 1. The molecular formula is C14H26N2O3. The number of hydrogen-bond acceptors (Lipinski definition) is 3. The Morgan fingerprint density at radius 3 is 2.84 bits per heavy atom.